The van der Waals surface area contributed by atoms with E-state index in [4.69, 9.17) is 4.74 Å². The highest BCUT2D eigenvalue weighted by molar-refractivity contribution is 7.91. The molecule has 3 aliphatic rings. The van der Waals surface area contributed by atoms with Crippen LogP contribution in [-0.2, 0) is 52.7 Å². The summed E-state index contributed by atoms with van der Waals surface area (Å²) >= 11 is 0. The summed E-state index contributed by atoms with van der Waals surface area (Å²) in [6, 6.07) is 9.94. The van der Waals surface area contributed by atoms with E-state index in [9.17, 15) is 26.4 Å². The second-order valence-corrected chi connectivity index (χ2v) is 13.1. The number of nitrogens with zero attached hydrogens (tertiary/aromatic N) is 5. The number of alkyl halides is 3. The topological polar surface area (TPSA) is 97.6 Å². The zero-order chi connectivity index (χ0) is 28.3. The van der Waals surface area contributed by atoms with E-state index in [1.807, 2.05) is 23.7 Å². The van der Waals surface area contributed by atoms with Crippen LogP contribution in [0, 0.1) is 0 Å². The van der Waals surface area contributed by atoms with E-state index in [0.29, 0.717) is 30.9 Å². The molecule has 2 aromatic carbocycles. The van der Waals surface area contributed by atoms with E-state index in [0.717, 1.165) is 17.5 Å². The summed E-state index contributed by atoms with van der Waals surface area (Å²) in [7, 11) is -1.26. The first-order chi connectivity index (χ1) is 18.9. The van der Waals surface area contributed by atoms with Crippen LogP contribution in [-0.4, -0.2) is 71.8 Å². The zero-order valence-electron chi connectivity index (χ0n) is 21.8. The van der Waals surface area contributed by atoms with E-state index in [1.165, 1.54) is 11.0 Å². The van der Waals surface area contributed by atoms with E-state index in [1.54, 1.807) is 23.4 Å². The minimum absolute atomic E-state index is 0.0284. The summed E-state index contributed by atoms with van der Waals surface area (Å²) in [5.41, 5.74) is 0.540. The van der Waals surface area contributed by atoms with Gasteiger partial charge in [0.25, 0.3) is 5.91 Å². The molecule has 0 radical (unpaired) electrons. The zero-order valence-corrected chi connectivity index (χ0v) is 22.6. The van der Waals surface area contributed by atoms with Crippen LogP contribution >= 0.6 is 0 Å². The van der Waals surface area contributed by atoms with Gasteiger partial charge in [-0.2, -0.15) is 13.2 Å². The lowest BCUT2D eigenvalue weighted by Gasteiger charge is -2.42. The molecular formula is C27H28F3N5O4S. The summed E-state index contributed by atoms with van der Waals surface area (Å²) in [5, 5.41) is 8.14. The number of carbonyl (C=O) groups excluding carboxylic acids is 1. The van der Waals surface area contributed by atoms with Crippen LogP contribution in [0.15, 0.2) is 42.7 Å². The molecule has 1 aromatic heterocycles. The summed E-state index contributed by atoms with van der Waals surface area (Å²) in [6.07, 6.45) is -2.45. The van der Waals surface area contributed by atoms with Crippen molar-refractivity contribution in [3.63, 3.8) is 0 Å². The fourth-order valence-electron chi connectivity index (χ4n) is 5.68. The molecule has 6 rings (SSSR count). The van der Waals surface area contributed by atoms with Crippen LogP contribution in [0.25, 0.3) is 0 Å². The Hall–Kier alpha value is -3.29. The summed E-state index contributed by atoms with van der Waals surface area (Å²) < 4.78 is 73.5. The number of halogens is 3. The minimum atomic E-state index is -4.65. The number of aromatic nitrogens is 3. The Bertz CT molecular complexity index is 1570. The standard InChI is InChI=1S/C27H28F3N5O4S/c1-33-17-31-32-24(33)12-26(15-39-16-26)19-3-2-4-20(11-19)35-14-22-21(25(35)36)9-18(10-23(22)27(28,29)30)13-34-5-7-40(37,38)8-6-34/h2-4,9-11,17H,5-8,12-16H2,1H3. The SMILES string of the molecule is Cn1cnnc1CC1(c2cccc(N3Cc4c(cc(CN5CCS(=O)(=O)CC5)cc4C(F)(F)F)C3=O)c2)COC1. The quantitative estimate of drug-likeness (QED) is 0.446. The van der Waals surface area contributed by atoms with Crippen LogP contribution in [0.5, 0.6) is 0 Å². The highest BCUT2D eigenvalue weighted by Crippen LogP contribution is 2.41. The molecule has 0 saturated carbocycles. The number of fused-ring (bicyclic) bond motifs is 1. The number of hydrogen-bond donors (Lipinski definition) is 0. The van der Waals surface area contributed by atoms with Crippen molar-refractivity contribution in [2.45, 2.75) is 31.1 Å². The Balaban J connectivity index is 1.30. The summed E-state index contributed by atoms with van der Waals surface area (Å²) in [5.74, 6) is 0.229. The van der Waals surface area contributed by atoms with Crippen molar-refractivity contribution < 1.29 is 31.1 Å². The summed E-state index contributed by atoms with van der Waals surface area (Å²) in [4.78, 5) is 16.8. The minimum Gasteiger partial charge on any atom is -0.379 e. The molecule has 0 atom stereocenters. The second-order valence-electron chi connectivity index (χ2n) is 10.8. The van der Waals surface area contributed by atoms with E-state index < -0.39 is 27.5 Å². The third-order valence-corrected chi connectivity index (χ3v) is 9.69. The third kappa shape index (κ3) is 4.90. The number of anilines is 1. The van der Waals surface area contributed by atoms with Gasteiger partial charge in [-0.25, -0.2) is 8.42 Å². The number of sulfone groups is 1. The molecule has 13 heteroatoms. The van der Waals surface area contributed by atoms with Gasteiger partial charge in [0.05, 0.1) is 36.8 Å². The Morgan fingerprint density at radius 2 is 1.85 bits per heavy atom. The monoisotopic (exact) mass is 575 g/mol. The van der Waals surface area contributed by atoms with Gasteiger partial charge in [-0.15, -0.1) is 10.2 Å². The van der Waals surface area contributed by atoms with Gasteiger partial charge < -0.3 is 14.2 Å². The fourth-order valence-corrected chi connectivity index (χ4v) is 6.96. The lowest BCUT2D eigenvalue weighted by atomic mass is 9.75. The van der Waals surface area contributed by atoms with Gasteiger partial charge in [0.1, 0.15) is 12.2 Å². The summed E-state index contributed by atoms with van der Waals surface area (Å²) in [6.45, 7) is 1.34. The molecule has 9 nitrogen and oxygen atoms in total. The van der Waals surface area contributed by atoms with Gasteiger partial charge in [-0.1, -0.05) is 12.1 Å². The molecule has 2 fully saturated rings. The molecule has 0 aliphatic carbocycles. The molecule has 1 amide bonds. The predicted molar refractivity (Wildman–Crippen MR) is 140 cm³/mol. The van der Waals surface area contributed by atoms with E-state index >= 15 is 0 Å². The van der Waals surface area contributed by atoms with Crippen molar-refractivity contribution in [1.82, 2.24) is 19.7 Å². The fraction of sp³-hybridized carbons (Fsp3) is 0.444. The normalized spacial score (nSPS) is 20.4. The highest BCUT2D eigenvalue weighted by atomic mass is 32.2. The van der Waals surface area contributed by atoms with Crippen LogP contribution in [0.1, 0.15) is 38.4 Å². The Morgan fingerprint density at radius 1 is 1.10 bits per heavy atom. The highest BCUT2D eigenvalue weighted by Gasteiger charge is 2.43. The van der Waals surface area contributed by atoms with Crippen molar-refractivity contribution in [2.24, 2.45) is 7.05 Å². The molecule has 0 bridgehead atoms. The molecule has 212 valence electrons. The maximum Gasteiger partial charge on any atom is 0.416 e. The van der Waals surface area contributed by atoms with Crippen LogP contribution in [0.4, 0.5) is 18.9 Å². The maximum absolute atomic E-state index is 14.2. The first-order valence-electron chi connectivity index (χ1n) is 12.9. The van der Waals surface area contributed by atoms with Crippen LogP contribution in [0.3, 0.4) is 0 Å². The lowest BCUT2D eigenvalue weighted by molar-refractivity contribution is -0.138. The molecular weight excluding hydrogens is 547 g/mol. The Kier molecular flexibility index (Phi) is 6.50. The largest absolute Gasteiger partial charge is 0.416 e. The molecule has 0 N–H and O–H groups in total. The van der Waals surface area contributed by atoms with E-state index in [2.05, 4.69) is 10.2 Å². The van der Waals surface area contributed by atoms with Crippen molar-refractivity contribution >= 4 is 21.4 Å². The molecule has 3 aromatic rings. The van der Waals surface area contributed by atoms with Gasteiger partial charge in [0.15, 0.2) is 9.84 Å². The van der Waals surface area contributed by atoms with E-state index in [-0.39, 0.29) is 54.2 Å². The lowest BCUT2D eigenvalue weighted by Crippen LogP contribution is -2.49. The molecule has 40 heavy (non-hydrogen) atoms. The van der Waals surface area contributed by atoms with Crippen molar-refractivity contribution in [1.29, 1.82) is 0 Å². The molecule has 2 saturated heterocycles. The number of carbonyl (C=O) groups is 1. The van der Waals surface area contributed by atoms with Gasteiger partial charge in [-0.05, 0) is 41.0 Å². The van der Waals surface area contributed by atoms with Crippen LogP contribution in [0.2, 0.25) is 0 Å². The molecule has 3 aliphatic heterocycles. The number of ether oxygens (including phenoxy) is 1. The van der Waals surface area contributed by atoms with Crippen molar-refractivity contribution in [3.8, 4) is 0 Å². The van der Waals surface area contributed by atoms with Gasteiger partial charge in [0, 0.05) is 49.8 Å². The maximum atomic E-state index is 14.2. The van der Waals surface area contributed by atoms with Crippen molar-refractivity contribution in [2.75, 3.05) is 42.7 Å². The number of amides is 1. The van der Waals surface area contributed by atoms with Gasteiger partial charge in [-0.3, -0.25) is 9.69 Å². The number of hydrogen-bond acceptors (Lipinski definition) is 7. The van der Waals surface area contributed by atoms with Crippen LogP contribution < -0.4 is 4.90 Å². The third-order valence-electron chi connectivity index (χ3n) is 8.08. The molecule has 0 spiro atoms. The second kappa shape index (κ2) is 9.67. The average Bonchev–Trinajstić information content (AvgIpc) is 3.44. The van der Waals surface area contributed by atoms with Gasteiger partial charge >= 0.3 is 6.18 Å². The number of benzene rings is 2. The van der Waals surface area contributed by atoms with Crippen molar-refractivity contribution in [3.05, 3.63) is 76.4 Å². The average molecular weight is 576 g/mol. The number of rotatable bonds is 6. The smallest absolute Gasteiger partial charge is 0.379 e. The predicted octanol–water partition coefficient (Wildman–Crippen LogP) is 2.74. The Morgan fingerprint density at radius 3 is 2.48 bits per heavy atom. The first-order valence-corrected chi connectivity index (χ1v) is 14.8. The Labute approximate surface area is 229 Å². The molecule has 4 heterocycles. The van der Waals surface area contributed by atoms with Gasteiger partial charge in [0.2, 0.25) is 0 Å². The molecule has 0 unspecified atom stereocenters. The number of aryl methyl sites for hydroxylation is 1. The first kappa shape index (κ1) is 26.9.